The second-order valence-corrected chi connectivity index (χ2v) is 4.83. The van der Waals surface area contributed by atoms with Gasteiger partial charge in [0.2, 0.25) is 0 Å². The van der Waals surface area contributed by atoms with E-state index < -0.39 is 17.3 Å². The maximum atomic E-state index is 13.9. The number of aliphatic carboxylic acids is 1. The van der Waals surface area contributed by atoms with Gasteiger partial charge in [0.05, 0.1) is 20.3 Å². The minimum absolute atomic E-state index is 0.100. The monoisotopic (exact) mass is 283 g/mol. The van der Waals surface area contributed by atoms with E-state index in [0.717, 1.165) is 0 Å². The standard InChI is InChI=1S/C14H18FNO4/c1-14(13(17)18,16-5-7-20-8-6-16)10-3-4-12(19-2)11(15)9-10/h3-4,9H,5-8H2,1-2H3,(H,17,18). The van der Waals surface area contributed by atoms with Crippen molar-refractivity contribution in [2.24, 2.45) is 0 Å². The van der Waals surface area contributed by atoms with Gasteiger partial charge >= 0.3 is 5.97 Å². The van der Waals surface area contributed by atoms with E-state index in [4.69, 9.17) is 9.47 Å². The van der Waals surface area contributed by atoms with Crippen LogP contribution in [-0.2, 0) is 15.1 Å². The summed E-state index contributed by atoms with van der Waals surface area (Å²) in [4.78, 5) is 13.5. The van der Waals surface area contributed by atoms with E-state index in [-0.39, 0.29) is 5.75 Å². The first-order valence-electron chi connectivity index (χ1n) is 6.40. The van der Waals surface area contributed by atoms with Crippen LogP contribution in [0, 0.1) is 5.82 Å². The quantitative estimate of drug-likeness (QED) is 0.906. The second kappa shape index (κ2) is 5.76. The van der Waals surface area contributed by atoms with Crippen molar-refractivity contribution in [3.63, 3.8) is 0 Å². The summed E-state index contributed by atoms with van der Waals surface area (Å²) in [5.74, 6) is -1.47. The lowest BCUT2D eigenvalue weighted by atomic mass is 9.89. The van der Waals surface area contributed by atoms with Gasteiger partial charge in [-0.05, 0) is 24.6 Å². The zero-order chi connectivity index (χ0) is 14.8. The van der Waals surface area contributed by atoms with E-state index >= 15 is 0 Å². The van der Waals surface area contributed by atoms with E-state index in [2.05, 4.69) is 0 Å². The summed E-state index contributed by atoms with van der Waals surface area (Å²) >= 11 is 0. The second-order valence-electron chi connectivity index (χ2n) is 4.83. The average Bonchev–Trinajstić information content (AvgIpc) is 2.47. The molecule has 1 saturated heterocycles. The predicted octanol–water partition coefficient (Wildman–Crippen LogP) is 1.47. The molecule has 1 atom stereocenters. The molecule has 110 valence electrons. The molecule has 5 nitrogen and oxygen atoms in total. The number of ether oxygens (including phenoxy) is 2. The summed E-state index contributed by atoms with van der Waals surface area (Å²) in [6.45, 7) is 3.53. The van der Waals surface area contributed by atoms with Crippen molar-refractivity contribution in [3.05, 3.63) is 29.6 Å². The largest absolute Gasteiger partial charge is 0.494 e. The van der Waals surface area contributed by atoms with Crippen molar-refractivity contribution in [2.75, 3.05) is 33.4 Å². The normalized spacial score (nSPS) is 19.4. The lowest BCUT2D eigenvalue weighted by Crippen LogP contribution is -2.54. The van der Waals surface area contributed by atoms with Crippen LogP contribution >= 0.6 is 0 Å². The van der Waals surface area contributed by atoms with Gasteiger partial charge in [-0.1, -0.05) is 6.07 Å². The Hall–Kier alpha value is -1.66. The smallest absolute Gasteiger partial charge is 0.328 e. The third kappa shape index (κ3) is 2.48. The molecule has 0 aromatic heterocycles. The van der Waals surface area contributed by atoms with E-state index in [1.807, 2.05) is 0 Å². The SMILES string of the molecule is COc1ccc(C(C)(C(=O)O)N2CCOCC2)cc1F. The Morgan fingerprint density at radius 1 is 1.45 bits per heavy atom. The number of halogens is 1. The highest BCUT2D eigenvalue weighted by Gasteiger charge is 2.42. The number of morpholine rings is 1. The zero-order valence-electron chi connectivity index (χ0n) is 11.6. The van der Waals surface area contributed by atoms with Crippen LogP contribution < -0.4 is 4.74 Å². The molecule has 1 aromatic rings. The molecule has 1 aromatic carbocycles. The third-order valence-corrected chi connectivity index (χ3v) is 3.77. The molecule has 1 unspecified atom stereocenters. The molecule has 20 heavy (non-hydrogen) atoms. The molecule has 0 spiro atoms. The van der Waals surface area contributed by atoms with E-state index in [1.165, 1.54) is 19.2 Å². The highest BCUT2D eigenvalue weighted by molar-refractivity contribution is 5.80. The molecular weight excluding hydrogens is 265 g/mol. The summed E-state index contributed by atoms with van der Waals surface area (Å²) in [7, 11) is 1.37. The molecule has 1 fully saturated rings. The molecule has 0 amide bonds. The molecule has 2 rings (SSSR count). The number of methoxy groups -OCH3 is 1. The number of rotatable bonds is 4. The average molecular weight is 283 g/mol. The van der Waals surface area contributed by atoms with Crippen LogP contribution in [-0.4, -0.2) is 49.4 Å². The Kier molecular flexibility index (Phi) is 4.25. The van der Waals surface area contributed by atoms with Crippen LogP contribution in [0.15, 0.2) is 18.2 Å². The number of benzene rings is 1. The Morgan fingerprint density at radius 3 is 2.60 bits per heavy atom. The fraction of sp³-hybridized carbons (Fsp3) is 0.500. The third-order valence-electron chi connectivity index (χ3n) is 3.77. The fourth-order valence-corrected chi connectivity index (χ4v) is 2.42. The molecule has 1 aliphatic heterocycles. The molecule has 0 bridgehead atoms. The number of carboxylic acid groups (broad SMARTS) is 1. The van der Waals surface area contributed by atoms with E-state index in [1.54, 1.807) is 17.9 Å². The summed E-state index contributed by atoms with van der Waals surface area (Å²) < 4.78 is 24.0. The van der Waals surface area contributed by atoms with Crippen molar-refractivity contribution in [1.29, 1.82) is 0 Å². The van der Waals surface area contributed by atoms with Gasteiger partial charge in [-0.25, -0.2) is 9.18 Å². The van der Waals surface area contributed by atoms with Gasteiger partial charge in [-0.15, -0.1) is 0 Å². The topological polar surface area (TPSA) is 59.0 Å². The maximum absolute atomic E-state index is 13.9. The van der Waals surface area contributed by atoms with Crippen LogP contribution in [0.1, 0.15) is 12.5 Å². The Morgan fingerprint density at radius 2 is 2.10 bits per heavy atom. The summed E-state index contributed by atoms with van der Waals surface area (Å²) in [6.07, 6.45) is 0. The van der Waals surface area contributed by atoms with Crippen LogP contribution in [0.2, 0.25) is 0 Å². The van der Waals surface area contributed by atoms with Crippen molar-refractivity contribution >= 4 is 5.97 Å². The van der Waals surface area contributed by atoms with Gasteiger partial charge in [0.25, 0.3) is 0 Å². The van der Waals surface area contributed by atoms with E-state index in [0.29, 0.717) is 31.9 Å². The first kappa shape index (κ1) is 14.7. The molecule has 1 heterocycles. The number of hydrogen-bond donors (Lipinski definition) is 1. The number of carboxylic acids is 1. The predicted molar refractivity (Wildman–Crippen MR) is 70.3 cm³/mol. The molecule has 1 aliphatic rings. The molecule has 1 N–H and O–H groups in total. The minimum atomic E-state index is -1.28. The first-order valence-corrected chi connectivity index (χ1v) is 6.40. The Bertz CT molecular complexity index is 502. The summed E-state index contributed by atoms with van der Waals surface area (Å²) in [5.41, 5.74) is -0.887. The summed E-state index contributed by atoms with van der Waals surface area (Å²) in [6, 6.07) is 4.26. The van der Waals surface area contributed by atoms with Gasteiger partial charge in [-0.3, -0.25) is 4.90 Å². The van der Waals surface area contributed by atoms with Crippen molar-refractivity contribution in [2.45, 2.75) is 12.5 Å². The Labute approximate surface area is 116 Å². The van der Waals surface area contributed by atoms with E-state index in [9.17, 15) is 14.3 Å². The van der Waals surface area contributed by atoms with Crippen LogP contribution in [0.3, 0.4) is 0 Å². The van der Waals surface area contributed by atoms with Crippen molar-refractivity contribution in [1.82, 2.24) is 4.90 Å². The van der Waals surface area contributed by atoms with Crippen molar-refractivity contribution < 1.29 is 23.8 Å². The fourth-order valence-electron chi connectivity index (χ4n) is 2.42. The molecule has 6 heteroatoms. The minimum Gasteiger partial charge on any atom is -0.494 e. The lowest BCUT2D eigenvalue weighted by Gasteiger charge is -2.40. The van der Waals surface area contributed by atoms with Gasteiger partial charge in [-0.2, -0.15) is 0 Å². The molecule has 0 aliphatic carbocycles. The number of nitrogens with zero attached hydrogens (tertiary/aromatic N) is 1. The number of carbonyl (C=O) groups is 1. The van der Waals surface area contributed by atoms with Crippen LogP contribution in [0.4, 0.5) is 4.39 Å². The maximum Gasteiger partial charge on any atom is 0.328 e. The highest BCUT2D eigenvalue weighted by atomic mass is 19.1. The van der Waals surface area contributed by atoms with Gasteiger partial charge in [0, 0.05) is 13.1 Å². The number of hydrogen-bond acceptors (Lipinski definition) is 4. The molecular formula is C14H18FNO4. The van der Waals surface area contributed by atoms with Gasteiger partial charge < -0.3 is 14.6 Å². The first-order chi connectivity index (χ1) is 9.50. The highest BCUT2D eigenvalue weighted by Crippen LogP contribution is 2.32. The van der Waals surface area contributed by atoms with Gasteiger partial charge in [0.1, 0.15) is 5.54 Å². The zero-order valence-corrected chi connectivity index (χ0v) is 11.6. The molecule has 0 saturated carbocycles. The van der Waals surface area contributed by atoms with Crippen LogP contribution in [0.5, 0.6) is 5.75 Å². The summed E-state index contributed by atoms with van der Waals surface area (Å²) in [5, 5.41) is 9.62. The lowest BCUT2D eigenvalue weighted by molar-refractivity contribution is -0.154. The van der Waals surface area contributed by atoms with Gasteiger partial charge in [0.15, 0.2) is 11.6 Å². The molecule has 0 radical (unpaired) electrons. The Balaban J connectivity index is 2.41. The van der Waals surface area contributed by atoms with Crippen LogP contribution in [0.25, 0.3) is 0 Å². The van der Waals surface area contributed by atoms with Crippen molar-refractivity contribution in [3.8, 4) is 5.75 Å².